The highest BCUT2D eigenvalue weighted by atomic mass is 35.5. The Morgan fingerprint density at radius 1 is 1.54 bits per heavy atom. The average molecular weight is 206 g/mol. The van der Waals surface area contributed by atoms with Crippen molar-refractivity contribution in [1.82, 2.24) is 4.90 Å². The lowest BCUT2D eigenvalue weighted by Crippen LogP contribution is -2.30. The van der Waals surface area contributed by atoms with Crippen LogP contribution in [0.3, 0.4) is 0 Å². The van der Waals surface area contributed by atoms with Gasteiger partial charge in [0.1, 0.15) is 0 Å². The molecule has 0 aromatic rings. The van der Waals surface area contributed by atoms with Crippen LogP contribution in [0.15, 0.2) is 12.2 Å². The van der Waals surface area contributed by atoms with Gasteiger partial charge in [0.05, 0.1) is 13.2 Å². The number of hydrogen-bond acceptors (Lipinski definition) is 2. The lowest BCUT2D eigenvalue weighted by molar-refractivity contribution is -0.126. The third-order valence-electron chi connectivity index (χ3n) is 1.50. The van der Waals surface area contributed by atoms with E-state index in [9.17, 15) is 4.79 Å². The first-order valence-corrected chi connectivity index (χ1v) is 4.67. The molecule has 0 bridgehead atoms. The summed E-state index contributed by atoms with van der Waals surface area (Å²) in [6, 6.07) is 0. The van der Waals surface area contributed by atoms with Gasteiger partial charge in [-0.25, -0.2) is 0 Å². The van der Waals surface area contributed by atoms with Gasteiger partial charge in [0, 0.05) is 25.0 Å². The second-order valence-corrected chi connectivity index (χ2v) is 3.19. The minimum absolute atomic E-state index is 0.0468. The van der Waals surface area contributed by atoms with Crippen LogP contribution in [0, 0.1) is 0 Å². The molecule has 0 saturated carbocycles. The van der Waals surface area contributed by atoms with Crippen LogP contribution in [-0.4, -0.2) is 43.5 Å². The Morgan fingerprint density at radius 2 is 2.15 bits per heavy atom. The van der Waals surface area contributed by atoms with Gasteiger partial charge in [0.2, 0.25) is 5.91 Å². The van der Waals surface area contributed by atoms with Crippen molar-refractivity contribution in [2.45, 2.75) is 6.92 Å². The minimum Gasteiger partial charge on any atom is -0.378 e. The van der Waals surface area contributed by atoms with Gasteiger partial charge in [-0.15, -0.1) is 11.6 Å². The van der Waals surface area contributed by atoms with Crippen molar-refractivity contribution in [2.24, 2.45) is 0 Å². The van der Waals surface area contributed by atoms with E-state index in [1.54, 1.807) is 18.9 Å². The summed E-state index contributed by atoms with van der Waals surface area (Å²) in [6.45, 7) is 6.87. The highest BCUT2D eigenvalue weighted by Crippen LogP contribution is 1.95. The second-order valence-electron chi connectivity index (χ2n) is 2.81. The third kappa shape index (κ3) is 5.66. The summed E-state index contributed by atoms with van der Waals surface area (Å²) in [5, 5.41) is 0. The van der Waals surface area contributed by atoms with Crippen molar-refractivity contribution in [1.29, 1.82) is 0 Å². The summed E-state index contributed by atoms with van der Waals surface area (Å²) >= 11 is 5.41. The molecule has 3 nitrogen and oxygen atoms in total. The topological polar surface area (TPSA) is 29.5 Å². The van der Waals surface area contributed by atoms with Crippen molar-refractivity contribution in [3.8, 4) is 0 Å². The largest absolute Gasteiger partial charge is 0.378 e. The first-order valence-electron chi connectivity index (χ1n) is 4.14. The molecule has 0 heterocycles. The van der Waals surface area contributed by atoms with E-state index in [0.29, 0.717) is 31.2 Å². The van der Waals surface area contributed by atoms with Crippen LogP contribution < -0.4 is 0 Å². The first-order chi connectivity index (χ1) is 6.09. The summed E-state index contributed by atoms with van der Waals surface area (Å²) < 4.78 is 5.13. The molecule has 0 spiro atoms. The molecule has 0 radical (unpaired) electrons. The Hall–Kier alpha value is -0.540. The molecule has 0 aliphatic carbocycles. The van der Waals surface area contributed by atoms with Crippen LogP contribution in [0.1, 0.15) is 6.92 Å². The van der Waals surface area contributed by atoms with Crippen molar-refractivity contribution < 1.29 is 9.53 Å². The number of carbonyl (C=O) groups is 1. The zero-order valence-electron chi connectivity index (χ0n) is 8.18. The van der Waals surface area contributed by atoms with E-state index >= 15 is 0 Å². The normalized spacial score (nSPS) is 9.77. The van der Waals surface area contributed by atoms with Gasteiger partial charge in [0.15, 0.2) is 0 Å². The molecular formula is C9H16ClNO2. The number of carbonyl (C=O) groups excluding carboxylic acids is 1. The standard InChI is InChI=1S/C9H16ClNO2/c1-8(2)9(12)11(3)5-7-13-6-4-10/h1,4-7H2,2-3H3. The van der Waals surface area contributed by atoms with E-state index in [1.165, 1.54) is 0 Å². The molecule has 0 atom stereocenters. The predicted molar refractivity (Wildman–Crippen MR) is 54.0 cm³/mol. The van der Waals surface area contributed by atoms with Gasteiger partial charge in [-0.3, -0.25) is 4.79 Å². The summed E-state index contributed by atoms with van der Waals surface area (Å²) in [4.78, 5) is 12.8. The third-order valence-corrected chi connectivity index (χ3v) is 1.66. The summed E-state index contributed by atoms with van der Waals surface area (Å²) in [5.74, 6) is 0.437. The molecule has 13 heavy (non-hydrogen) atoms. The number of ether oxygens (including phenoxy) is 1. The van der Waals surface area contributed by atoms with E-state index in [-0.39, 0.29) is 5.91 Å². The van der Waals surface area contributed by atoms with Crippen molar-refractivity contribution >= 4 is 17.5 Å². The maximum atomic E-state index is 11.3. The molecule has 0 rings (SSSR count). The first kappa shape index (κ1) is 12.5. The summed E-state index contributed by atoms with van der Waals surface area (Å²) in [7, 11) is 1.72. The van der Waals surface area contributed by atoms with Crippen LogP contribution in [-0.2, 0) is 9.53 Å². The summed E-state index contributed by atoms with van der Waals surface area (Å²) in [5.41, 5.74) is 0.542. The monoisotopic (exact) mass is 205 g/mol. The summed E-state index contributed by atoms with van der Waals surface area (Å²) in [6.07, 6.45) is 0. The van der Waals surface area contributed by atoms with Crippen LogP contribution in [0.25, 0.3) is 0 Å². The van der Waals surface area contributed by atoms with Crippen molar-refractivity contribution in [3.05, 3.63) is 12.2 Å². The van der Waals surface area contributed by atoms with Crippen molar-refractivity contribution in [2.75, 3.05) is 32.7 Å². The van der Waals surface area contributed by atoms with Gasteiger partial charge in [-0.1, -0.05) is 6.58 Å². The molecule has 0 aliphatic rings. The number of amides is 1. The maximum absolute atomic E-state index is 11.3. The molecular weight excluding hydrogens is 190 g/mol. The van der Waals surface area contributed by atoms with Gasteiger partial charge in [0.25, 0.3) is 0 Å². The fourth-order valence-electron chi connectivity index (χ4n) is 0.785. The molecule has 0 aliphatic heterocycles. The van der Waals surface area contributed by atoms with Crippen LogP contribution in [0.4, 0.5) is 0 Å². The van der Waals surface area contributed by atoms with Crippen LogP contribution in [0.2, 0.25) is 0 Å². The molecule has 0 fully saturated rings. The Morgan fingerprint density at radius 3 is 2.62 bits per heavy atom. The zero-order valence-corrected chi connectivity index (χ0v) is 8.93. The maximum Gasteiger partial charge on any atom is 0.248 e. The second kappa shape index (κ2) is 6.92. The Kier molecular flexibility index (Phi) is 6.63. The lowest BCUT2D eigenvalue weighted by Gasteiger charge is -2.16. The molecule has 4 heteroatoms. The molecule has 0 aromatic heterocycles. The number of nitrogens with zero attached hydrogens (tertiary/aromatic N) is 1. The van der Waals surface area contributed by atoms with Gasteiger partial charge < -0.3 is 9.64 Å². The smallest absolute Gasteiger partial charge is 0.248 e. The fourth-order valence-corrected chi connectivity index (χ4v) is 0.895. The van der Waals surface area contributed by atoms with E-state index in [0.717, 1.165) is 0 Å². The fraction of sp³-hybridized carbons (Fsp3) is 0.667. The average Bonchev–Trinajstić information content (AvgIpc) is 2.10. The molecule has 0 N–H and O–H groups in total. The van der Waals surface area contributed by atoms with Crippen LogP contribution >= 0.6 is 11.6 Å². The molecule has 1 amide bonds. The molecule has 0 saturated heterocycles. The number of hydrogen-bond donors (Lipinski definition) is 0. The Labute approximate surface area is 84.3 Å². The zero-order chi connectivity index (χ0) is 10.3. The van der Waals surface area contributed by atoms with E-state index in [1.807, 2.05) is 0 Å². The van der Waals surface area contributed by atoms with Gasteiger partial charge >= 0.3 is 0 Å². The predicted octanol–water partition coefficient (Wildman–Crippen LogP) is 1.28. The molecule has 0 unspecified atom stereocenters. The number of halogens is 1. The Balaban J connectivity index is 3.56. The Bertz CT molecular complexity index is 182. The highest BCUT2D eigenvalue weighted by Gasteiger charge is 2.07. The molecule has 76 valence electrons. The van der Waals surface area contributed by atoms with E-state index in [4.69, 9.17) is 16.3 Å². The van der Waals surface area contributed by atoms with E-state index < -0.39 is 0 Å². The van der Waals surface area contributed by atoms with Crippen molar-refractivity contribution in [3.63, 3.8) is 0 Å². The number of rotatable bonds is 6. The van der Waals surface area contributed by atoms with Gasteiger partial charge in [-0.05, 0) is 6.92 Å². The van der Waals surface area contributed by atoms with Crippen LogP contribution in [0.5, 0.6) is 0 Å². The number of likely N-dealkylation sites (N-methyl/N-ethyl adjacent to an activating group) is 1. The number of alkyl halides is 1. The lowest BCUT2D eigenvalue weighted by atomic mass is 10.3. The van der Waals surface area contributed by atoms with E-state index in [2.05, 4.69) is 6.58 Å². The quantitative estimate of drug-likeness (QED) is 0.372. The van der Waals surface area contributed by atoms with Gasteiger partial charge in [-0.2, -0.15) is 0 Å². The SMILES string of the molecule is C=C(C)C(=O)N(C)CCOCCCl. The minimum atomic E-state index is -0.0468. The molecule has 0 aromatic carbocycles. The highest BCUT2D eigenvalue weighted by molar-refractivity contribution is 6.17.